The van der Waals surface area contributed by atoms with Gasteiger partial charge < -0.3 is 0 Å². The molecular formula is C18H29NO. The van der Waals surface area contributed by atoms with Gasteiger partial charge in [-0.05, 0) is 75.8 Å². The summed E-state index contributed by atoms with van der Waals surface area (Å²) in [6, 6.07) is 0. The van der Waals surface area contributed by atoms with Crippen LogP contribution < -0.4 is 0 Å². The summed E-state index contributed by atoms with van der Waals surface area (Å²) in [5, 5.41) is 0. The lowest BCUT2D eigenvalue weighted by atomic mass is 9.79. The van der Waals surface area contributed by atoms with Crippen LogP contribution in [0.25, 0.3) is 0 Å². The summed E-state index contributed by atoms with van der Waals surface area (Å²) in [7, 11) is 0. The molecule has 4 aliphatic rings. The quantitative estimate of drug-likeness (QED) is 0.778. The van der Waals surface area contributed by atoms with E-state index in [1.165, 1.54) is 64.5 Å². The highest BCUT2D eigenvalue weighted by atomic mass is 16.1. The largest absolute Gasteiger partial charge is 0.298 e. The molecule has 3 saturated carbocycles. The molecule has 2 nitrogen and oxygen atoms in total. The van der Waals surface area contributed by atoms with Gasteiger partial charge in [-0.3, -0.25) is 9.69 Å². The summed E-state index contributed by atoms with van der Waals surface area (Å²) >= 11 is 0. The maximum absolute atomic E-state index is 13.1. The van der Waals surface area contributed by atoms with Gasteiger partial charge in [0.05, 0.1) is 5.54 Å². The second-order valence-electron chi connectivity index (χ2n) is 8.00. The number of ketones is 1. The minimum atomic E-state index is -0.0155. The van der Waals surface area contributed by atoms with Crippen molar-refractivity contribution in [2.24, 2.45) is 17.8 Å². The van der Waals surface area contributed by atoms with E-state index in [2.05, 4.69) is 4.90 Å². The molecule has 20 heavy (non-hydrogen) atoms. The van der Waals surface area contributed by atoms with E-state index in [9.17, 15) is 4.79 Å². The number of likely N-dealkylation sites (tertiary alicyclic amines) is 1. The molecule has 4 fully saturated rings. The lowest BCUT2D eigenvalue weighted by Crippen LogP contribution is -2.52. The van der Waals surface area contributed by atoms with E-state index < -0.39 is 0 Å². The van der Waals surface area contributed by atoms with E-state index >= 15 is 0 Å². The highest BCUT2D eigenvalue weighted by Gasteiger charge is 2.48. The van der Waals surface area contributed by atoms with Gasteiger partial charge in [-0.2, -0.15) is 0 Å². The van der Waals surface area contributed by atoms with Crippen molar-refractivity contribution in [2.75, 3.05) is 13.1 Å². The van der Waals surface area contributed by atoms with Crippen molar-refractivity contribution < 1.29 is 4.79 Å². The number of carbonyl (C=O) groups is 1. The van der Waals surface area contributed by atoms with E-state index in [1.54, 1.807) is 0 Å². The Hall–Kier alpha value is -0.370. The Balaban J connectivity index is 1.47. The average Bonchev–Trinajstić information content (AvgIpc) is 3.22. The minimum Gasteiger partial charge on any atom is -0.298 e. The van der Waals surface area contributed by atoms with Crippen LogP contribution in [0.1, 0.15) is 70.6 Å². The fourth-order valence-corrected chi connectivity index (χ4v) is 5.93. The molecule has 2 bridgehead atoms. The van der Waals surface area contributed by atoms with Gasteiger partial charge in [0.2, 0.25) is 0 Å². The number of rotatable bonds is 4. The zero-order valence-corrected chi connectivity index (χ0v) is 12.8. The fraction of sp³-hybridized carbons (Fsp3) is 0.944. The summed E-state index contributed by atoms with van der Waals surface area (Å²) in [6.45, 7) is 2.37. The van der Waals surface area contributed by atoms with Gasteiger partial charge in [0, 0.05) is 6.42 Å². The number of nitrogens with zero attached hydrogens (tertiary/aromatic N) is 1. The molecule has 2 heteroatoms. The lowest BCUT2D eigenvalue weighted by Gasteiger charge is -2.38. The SMILES string of the molecule is O=C(CC1CC2CCC1C2)C1(N2CCCC2)CCCC1. The Morgan fingerprint density at radius 1 is 1.00 bits per heavy atom. The molecule has 3 aliphatic carbocycles. The van der Waals surface area contributed by atoms with Crippen LogP contribution in [0.15, 0.2) is 0 Å². The van der Waals surface area contributed by atoms with E-state index in [4.69, 9.17) is 0 Å². The Morgan fingerprint density at radius 3 is 2.35 bits per heavy atom. The second-order valence-corrected chi connectivity index (χ2v) is 8.00. The first-order valence-corrected chi connectivity index (χ1v) is 9.06. The van der Waals surface area contributed by atoms with Gasteiger partial charge >= 0.3 is 0 Å². The number of hydrogen-bond donors (Lipinski definition) is 0. The molecule has 1 heterocycles. The predicted molar refractivity (Wildman–Crippen MR) is 80.6 cm³/mol. The van der Waals surface area contributed by atoms with E-state index in [-0.39, 0.29) is 5.54 Å². The Labute approximate surface area is 123 Å². The van der Waals surface area contributed by atoms with Crippen LogP contribution in [0.4, 0.5) is 0 Å². The Bertz CT molecular complexity index is 379. The van der Waals surface area contributed by atoms with E-state index in [0.717, 1.165) is 37.0 Å². The van der Waals surface area contributed by atoms with Crippen LogP contribution in [0.3, 0.4) is 0 Å². The van der Waals surface area contributed by atoms with Gasteiger partial charge in [0.15, 0.2) is 5.78 Å². The summed E-state index contributed by atoms with van der Waals surface area (Å²) < 4.78 is 0. The molecule has 0 spiro atoms. The monoisotopic (exact) mass is 275 g/mol. The smallest absolute Gasteiger partial charge is 0.153 e. The topological polar surface area (TPSA) is 20.3 Å². The van der Waals surface area contributed by atoms with Crippen molar-refractivity contribution >= 4 is 5.78 Å². The summed E-state index contributed by atoms with van der Waals surface area (Å²) in [5.74, 6) is 3.26. The van der Waals surface area contributed by atoms with Crippen molar-refractivity contribution in [2.45, 2.75) is 76.2 Å². The first kappa shape index (κ1) is 13.3. The molecular weight excluding hydrogens is 246 g/mol. The van der Waals surface area contributed by atoms with Gasteiger partial charge in [0.25, 0.3) is 0 Å². The molecule has 3 unspecified atom stereocenters. The highest BCUT2D eigenvalue weighted by molar-refractivity contribution is 5.89. The molecule has 0 N–H and O–H groups in total. The fourth-order valence-electron chi connectivity index (χ4n) is 5.93. The normalized spacial score (nSPS) is 39.7. The van der Waals surface area contributed by atoms with Crippen molar-refractivity contribution in [3.05, 3.63) is 0 Å². The van der Waals surface area contributed by atoms with Crippen LogP contribution >= 0.6 is 0 Å². The molecule has 1 aliphatic heterocycles. The Morgan fingerprint density at radius 2 is 1.75 bits per heavy atom. The number of Topliss-reactive ketones (excluding diaryl/α,β-unsaturated/α-hetero) is 1. The van der Waals surface area contributed by atoms with Crippen LogP contribution in [-0.4, -0.2) is 29.3 Å². The van der Waals surface area contributed by atoms with Crippen molar-refractivity contribution in [1.82, 2.24) is 4.90 Å². The molecule has 0 aromatic rings. The molecule has 0 aromatic carbocycles. The summed E-state index contributed by atoms with van der Waals surface area (Å²) in [6.07, 6.45) is 14.1. The van der Waals surface area contributed by atoms with Crippen molar-refractivity contribution in [3.8, 4) is 0 Å². The summed E-state index contributed by atoms with van der Waals surface area (Å²) in [4.78, 5) is 15.7. The standard InChI is InChI=1S/C18H29NO/c20-17(13-16-12-14-5-6-15(16)11-14)18(7-1-2-8-18)19-9-3-4-10-19/h14-16H,1-13H2. The third kappa shape index (κ3) is 2.06. The lowest BCUT2D eigenvalue weighted by molar-refractivity contribution is -0.132. The molecule has 0 radical (unpaired) electrons. The molecule has 0 aromatic heterocycles. The zero-order chi connectivity index (χ0) is 13.6. The third-order valence-corrected chi connectivity index (χ3v) is 6.99. The van der Waals surface area contributed by atoms with E-state index in [1.807, 2.05) is 0 Å². The summed E-state index contributed by atoms with van der Waals surface area (Å²) in [5.41, 5.74) is -0.0155. The molecule has 4 rings (SSSR count). The number of hydrogen-bond acceptors (Lipinski definition) is 2. The second kappa shape index (κ2) is 5.12. The predicted octanol–water partition coefficient (Wildman–Crippen LogP) is 3.79. The highest BCUT2D eigenvalue weighted by Crippen LogP contribution is 2.51. The Kier molecular flexibility index (Phi) is 3.41. The molecule has 0 amide bonds. The molecule has 1 saturated heterocycles. The first-order valence-electron chi connectivity index (χ1n) is 9.06. The average molecular weight is 275 g/mol. The zero-order valence-electron chi connectivity index (χ0n) is 12.8. The van der Waals surface area contributed by atoms with Crippen LogP contribution in [0.2, 0.25) is 0 Å². The number of fused-ring (bicyclic) bond motifs is 2. The number of carbonyl (C=O) groups excluding carboxylic acids is 1. The van der Waals surface area contributed by atoms with E-state index in [0.29, 0.717) is 5.78 Å². The maximum atomic E-state index is 13.1. The molecule has 112 valence electrons. The van der Waals surface area contributed by atoms with Gasteiger partial charge in [-0.15, -0.1) is 0 Å². The van der Waals surface area contributed by atoms with Crippen molar-refractivity contribution in [3.63, 3.8) is 0 Å². The third-order valence-electron chi connectivity index (χ3n) is 6.99. The minimum absolute atomic E-state index is 0.0155. The van der Waals surface area contributed by atoms with Crippen LogP contribution in [0, 0.1) is 17.8 Å². The van der Waals surface area contributed by atoms with Crippen LogP contribution in [-0.2, 0) is 4.79 Å². The van der Waals surface area contributed by atoms with Gasteiger partial charge in [0.1, 0.15) is 0 Å². The van der Waals surface area contributed by atoms with Gasteiger partial charge in [-0.1, -0.05) is 19.3 Å². The van der Waals surface area contributed by atoms with Crippen molar-refractivity contribution in [1.29, 1.82) is 0 Å². The first-order chi connectivity index (χ1) is 9.78. The van der Waals surface area contributed by atoms with Gasteiger partial charge in [-0.25, -0.2) is 0 Å². The van der Waals surface area contributed by atoms with Crippen LogP contribution in [0.5, 0.6) is 0 Å². The molecule has 3 atom stereocenters. The maximum Gasteiger partial charge on any atom is 0.153 e.